The van der Waals surface area contributed by atoms with Crippen molar-refractivity contribution in [3.8, 4) is 23.7 Å². The Morgan fingerprint density at radius 3 is 1.61 bits per heavy atom. The van der Waals surface area contributed by atoms with E-state index in [1.807, 2.05) is 66.7 Å². The second-order valence-electron chi connectivity index (χ2n) is 6.93. The highest BCUT2D eigenvalue weighted by Gasteiger charge is 2.05. The number of allylic oxidation sites excluding steroid dienone is 1. The largest absolute Gasteiger partial charge is 0.381 e. The predicted molar refractivity (Wildman–Crippen MR) is 132 cm³/mol. The molecule has 3 rings (SSSR count). The van der Waals surface area contributed by atoms with Crippen molar-refractivity contribution in [2.75, 3.05) is 13.7 Å². The van der Waals surface area contributed by atoms with E-state index in [0.717, 1.165) is 39.8 Å². The van der Waals surface area contributed by atoms with Crippen molar-refractivity contribution in [2.24, 2.45) is 0 Å². The summed E-state index contributed by atoms with van der Waals surface area (Å²) in [5.74, 6) is 13.3. The molecule has 0 aliphatic heterocycles. The van der Waals surface area contributed by atoms with Crippen molar-refractivity contribution in [1.82, 2.24) is 0 Å². The molecule has 0 amide bonds. The highest BCUT2D eigenvalue weighted by atomic mass is 16.5. The van der Waals surface area contributed by atoms with Gasteiger partial charge in [0, 0.05) is 29.4 Å². The van der Waals surface area contributed by atoms with E-state index < -0.39 is 0 Å². The first-order valence-corrected chi connectivity index (χ1v) is 10.4. The van der Waals surface area contributed by atoms with Crippen LogP contribution in [0.25, 0.3) is 12.2 Å². The lowest BCUT2D eigenvalue weighted by atomic mass is 9.97. The number of hydrogen-bond acceptors (Lipinski definition) is 1. The topological polar surface area (TPSA) is 9.23 Å². The Morgan fingerprint density at radius 1 is 0.677 bits per heavy atom. The molecular weight excluding hydrogens is 376 g/mol. The first kappa shape index (κ1) is 21.9. The lowest BCUT2D eigenvalue weighted by Crippen LogP contribution is -1.92. The van der Waals surface area contributed by atoms with E-state index in [2.05, 4.69) is 61.0 Å². The van der Waals surface area contributed by atoms with Crippen molar-refractivity contribution in [3.05, 3.63) is 118 Å². The average molecular weight is 403 g/mol. The molecule has 0 unspecified atom stereocenters. The monoisotopic (exact) mass is 402 g/mol. The summed E-state index contributed by atoms with van der Waals surface area (Å²) in [6, 6.07) is 24.3. The molecule has 0 aliphatic rings. The van der Waals surface area contributed by atoms with Crippen LogP contribution in [-0.2, 0) is 4.74 Å². The second kappa shape index (κ2) is 12.0. The van der Waals surface area contributed by atoms with Crippen molar-refractivity contribution >= 4 is 12.2 Å². The Morgan fingerprint density at radius 2 is 1.16 bits per heavy atom. The fraction of sp³-hybridized carbons (Fsp3) is 0.133. The van der Waals surface area contributed by atoms with Gasteiger partial charge in [-0.2, -0.15) is 0 Å². The molecule has 0 radical (unpaired) electrons. The van der Waals surface area contributed by atoms with E-state index in [9.17, 15) is 0 Å². The fourth-order valence-corrected chi connectivity index (χ4v) is 2.96. The summed E-state index contributed by atoms with van der Waals surface area (Å²) in [6.07, 6.45) is 9.30. The molecule has 0 atom stereocenters. The molecule has 0 aliphatic carbocycles. The van der Waals surface area contributed by atoms with Crippen LogP contribution in [0, 0.1) is 23.7 Å². The smallest absolute Gasteiger partial charge is 0.0646 e. The lowest BCUT2D eigenvalue weighted by Gasteiger charge is -2.06. The normalized spacial score (nSPS) is 10.5. The van der Waals surface area contributed by atoms with Gasteiger partial charge in [0.05, 0.1) is 6.61 Å². The van der Waals surface area contributed by atoms with Crippen LogP contribution in [0.2, 0.25) is 0 Å². The maximum absolute atomic E-state index is 5.18. The minimum atomic E-state index is 0.550. The standard InChI is InChI=1S/C30H26O/c1-3-4-16-27-23-30(21-19-26-14-9-6-10-15-26)28(17-11-22-31-2)24-29(27)20-18-25-12-7-5-8-13-25/h4-17,23-24H,3,22H2,1-2H3/b16-4+,17-11+. The molecule has 31 heavy (non-hydrogen) atoms. The van der Waals surface area contributed by atoms with Crippen LogP contribution in [0.15, 0.2) is 84.9 Å². The van der Waals surface area contributed by atoms with Gasteiger partial charge in [-0.25, -0.2) is 0 Å². The van der Waals surface area contributed by atoms with E-state index in [1.165, 1.54) is 0 Å². The maximum Gasteiger partial charge on any atom is 0.0646 e. The Balaban J connectivity index is 2.10. The molecule has 152 valence electrons. The van der Waals surface area contributed by atoms with Crippen LogP contribution < -0.4 is 0 Å². The Bertz CT molecular complexity index is 1160. The number of rotatable bonds is 5. The van der Waals surface area contributed by atoms with Gasteiger partial charge in [-0.15, -0.1) is 0 Å². The quantitative estimate of drug-likeness (QED) is 0.439. The van der Waals surface area contributed by atoms with Crippen molar-refractivity contribution in [3.63, 3.8) is 0 Å². The third kappa shape index (κ3) is 6.90. The first-order valence-electron chi connectivity index (χ1n) is 10.4. The van der Waals surface area contributed by atoms with Crippen LogP contribution >= 0.6 is 0 Å². The summed E-state index contributed by atoms with van der Waals surface area (Å²) in [5, 5.41) is 0. The molecule has 1 heteroatoms. The Labute approximate surface area is 186 Å². The third-order valence-corrected chi connectivity index (χ3v) is 4.55. The molecule has 0 spiro atoms. The van der Waals surface area contributed by atoms with Crippen molar-refractivity contribution < 1.29 is 4.74 Å². The van der Waals surface area contributed by atoms with Gasteiger partial charge in [0.15, 0.2) is 0 Å². The number of methoxy groups -OCH3 is 1. The number of hydrogen-bond donors (Lipinski definition) is 0. The zero-order chi connectivity index (χ0) is 21.7. The highest BCUT2D eigenvalue weighted by molar-refractivity contribution is 5.70. The molecular formula is C30H26O. The zero-order valence-electron chi connectivity index (χ0n) is 18.1. The maximum atomic E-state index is 5.18. The van der Waals surface area contributed by atoms with Crippen molar-refractivity contribution in [2.45, 2.75) is 13.3 Å². The number of benzene rings is 3. The molecule has 3 aromatic carbocycles. The van der Waals surface area contributed by atoms with Crippen LogP contribution in [0.4, 0.5) is 0 Å². The summed E-state index contributed by atoms with van der Waals surface area (Å²) in [5.41, 5.74) is 6.05. The summed E-state index contributed by atoms with van der Waals surface area (Å²) in [4.78, 5) is 0. The fourth-order valence-electron chi connectivity index (χ4n) is 2.96. The first-order chi connectivity index (χ1) is 15.3. The van der Waals surface area contributed by atoms with Gasteiger partial charge in [0.1, 0.15) is 0 Å². The molecule has 0 saturated heterocycles. The molecule has 0 saturated carbocycles. The summed E-state index contributed by atoms with van der Waals surface area (Å²) in [7, 11) is 1.69. The lowest BCUT2D eigenvalue weighted by molar-refractivity contribution is 0.234. The zero-order valence-corrected chi connectivity index (χ0v) is 18.1. The molecule has 0 fully saturated rings. The predicted octanol–water partition coefficient (Wildman–Crippen LogP) is 6.57. The minimum absolute atomic E-state index is 0.550. The Kier molecular flexibility index (Phi) is 8.51. The van der Waals surface area contributed by atoms with E-state index in [0.29, 0.717) is 6.61 Å². The van der Waals surface area contributed by atoms with E-state index in [1.54, 1.807) is 7.11 Å². The molecule has 3 aromatic rings. The van der Waals surface area contributed by atoms with Gasteiger partial charge in [0.2, 0.25) is 0 Å². The van der Waals surface area contributed by atoms with Gasteiger partial charge in [-0.3, -0.25) is 0 Å². The Hall–Kier alpha value is -3.78. The van der Waals surface area contributed by atoms with Gasteiger partial charge in [-0.1, -0.05) is 91.3 Å². The molecule has 0 N–H and O–H groups in total. The van der Waals surface area contributed by atoms with Crippen molar-refractivity contribution in [1.29, 1.82) is 0 Å². The van der Waals surface area contributed by atoms with E-state index in [-0.39, 0.29) is 0 Å². The number of ether oxygens (including phenoxy) is 1. The summed E-state index contributed by atoms with van der Waals surface area (Å²) >= 11 is 0. The van der Waals surface area contributed by atoms with E-state index >= 15 is 0 Å². The highest BCUT2D eigenvalue weighted by Crippen LogP contribution is 2.20. The molecule has 0 bridgehead atoms. The van der Waals surface area contributed by atoms with Gasteiger partial charge < -0.3 is 4.74 Å². The van der Waals surface area contributed by atoms with Gasteiger partial charge in [-0.05, 0) is 53.9 Å². The van der Waals surface area contributed by atoms with Crippen LogP contribution in [-0.4, -0.2) is 13.7 Å². The summed E-state index contributed by atoms with van der Waals surface area (Å²) in [6.45, 7) is 2.68. The van der Waals surface area contributed by atoms with Crippen LogP contribution in [0.1, 0.15) is 46.7 Å². The third-order valence-electron chi connectivity index (χ3n) is 4.55. The van der Waals surface area contributed by atoms with Crippen LogP contribution in [0.5, 0.6) is 0 Å². The summed E-state index contributed by atoms with van der Waals surface area (Å²) < 4.78 is 5.18. The van der Waals surface area contributed by atoms with E-state index in [4.69, 9.17) is 4.74 Å². The van der Waals surface area contributed by atoms with Crippen LogP contribution in [0.3, 0.4) is 0 Å². The van der Waals surface area contributed by atoms with Gasteiger partial charge >= 0.3 is 0 Å². The second-order valence-corrected chi connectivity index (χ2v) is 6.93. The average Bonchev–Trinajstić information content (AvgIpc) is 2.82. The minimum Gasteiger partial charge on any atom is -0.381 e. The molecule has 1 nitrogen and oxygen atoms in total. The SMILES string of the molecule is CC/C=C/c1cc(C#Cc2ccccc2)c(/C=C/COC)cc1C#Cc1ccccc1. The molecule has 0 heterocycles. The van der Waals surface area contributed by atoms with Gasteiger partial charge in [0.25, 0.3) is 0 Å². The molecule has 0 aromatic heterocycles.